The van der Waals surface area contributed by atoms with E-state index in [0.717, 1.165) is 12.1 Å². The molecule has 2 unspecified atom stereocenters. The third kappa shape index (κ3) is 3.69. The molecule has 0 aromatic heterocycles. The Bertz CT molecular complexity index is 247. The zero-order chi connectivity index (χ0) is 12.5. The van der Waals surface area contributed by atoms with Gasteiger partial charge in [-0.25, -0.2) is 0 Å². The van der Waals surface area contributed by atoms with Crippen LogP contribution in [0.2, 0.25) is 0 Å². The van der Waals surface area contributed by atoms with Crippen molar-refractivity contribution in [2.75, 3.05) is 13.1 Å². The summed E-state index contributed by atoms with van der Waals surface area (Å²) in [5.41, 5.74) is 0.586. The highest BCUT2D eigenvalue weighted by atomic mass is 15.2. The van der Waals surface area contributed by atoms with Gasteiger partial charge in [-0.15, -0.1) is 0 Å². The van der Waals surface area contributed by atoms with Crippen molar-refractivity contribution >= 4 is 0 Å². The molecule has 0 aromatic carbocycles. The number of rotatable bonds is 3. The number of hydrogen-bond acceptors (Lipinski definition) is 2. The Kier molecular flexibility index (Phi) is 4.14. The Labute approximate surface area is 107 Å². The highest BCUT2D eigenvalue weighted by molar-refractivity contribution is 4.91. The van der Waals surface area contributed by atoms with E-state index in [4.69, 9.17) is 0 Å². The summed E-state index contributed by atoms with van der Waals surface area (Å²) in [5, 5.41) is 3.71. The van der Waals surface area contributed by atoms with Crippen LogP contribution in [-0.2, 0) is 0 Å². The maximum atomic E-state index is 3.71. The smallest absolute Gasteiger partial charge is 0.0197 e. The van der Waals surface area contributed by atoms with Crippen molar-refractivity contribution in [2.24, 2.45) is 5.41 Å². The second kappa shape index (κ2) is 5.27. The molecule has 0 spiro atoms. The molecule has 2 aliphatic rings. The average Bonchev–Trinajstić information content (AvgIpc) is 2.58. The van der Waals surface area contributed by atoms with Crippen LogP contribution in [0.25, 0.3) is 0 Å². The Hall–Kier alpha value is -0.0800. The summed E-state index contributed by atoms with van der Waals surface area (Å²) in [6, 6.07) is 2.22. The van der Waals surface area contributed by atoms with Crippen molar-refractivity contribution in [3.63, 3.8) is 0 Å². The summed E-state index contributed by atoms with van der Waals surface area (Å²) in [4.78, 5) is 2.76. The Morgan fingerprint density at radius 2 is 2.00 bits per heavy atom. The van der Waals surface area contributed by atoms with Gasteiger partial charge in [0.15, 0.2) is 0 Å². The Balaban J connectivity index is 1.85. The standard InChI is InChI=1S/C15H30N2/c1-12(2)16-13-6-5-9-17(11-13)14-7-8-15(3,4)10-14/h12-14,16H,5-11H2,1-4H3. The van der Waals surface area contributed by atoms with Crippen LogP contribution in [-0.4, -0.2) is 36.1 Å². The molecule has 1 heterocycles. The van der Waals surface area contributed by atoms with E-state index in [-0.39, 0.29) is 0 Å². The van der Waals surface area contributed by atoms with Gasteiger partial charge in [-0.3, -0.25) is 4.90 Å². The van der Waals surface area contributed by atoms with Crippen molar-refractivity contribution in [1.29, 1.82) is 0 Å². The lowest BCUT2D eigenvalue weighted by Crippen LogP contribution is -2.50. The predicted octanol–water partition coefficient (Wildman–Crippen LogP) is 3.03. The van der Waals surface area contributed by atoms with Gasteiger partial charge in [0.2, 0.25) is 0 Å². The van der Waals surface area contributed by atoms with E-state index in [1.165, 1.54) is 45.2 Å². The lowest BCUT2D eigenvalue weighted by Gasteiger charge is -2.38. The minimum Gasteiger partial charge on any atom is -0.311 e. The van der Waals surface area contributed by atoms with E-state index in [0.29, 0.717) is 11.5 Å². The van der Waals surface area contributed by atoms with Gasteiger partial charge in [0.05, 0.1) is 0 Å². The molecule has 1 aliphatic heterocycles. The Morgan fingerprint density at radius 3 is 2.59 bits per heavy atom. The summed E-state index contributed by atoms with van der Waals surface area (Å²) in [7, 11) is 0. The summed E-state index contributed by atoms with van der Waals surface area (Å²) in [6.07, 6.45) is 6.98. The van der Waals surface area contributed by atoms with Crippen LogP contribution in [0.1, 0.15) is 59.8 Å². The molecule has 1 N–H and O–H groups in total. The molecule has 0 amide bonds. The first-order valence-corrected chi connectivity index (χ1v) is 7.46. The molecule has 0 bridgehead atoms. The van der Waals surface area contributed by atoms with Crippen molar-refractivity contribution in [1.82, 2.24) is 10.2 Å². The fourth-order valence-electron chi connectivity index (χ4n) is 3.66. The average molecular weight is 238 g/mol. The first-order chi connectivity index (χ1) is 7.96. The van der Waals surface area contributed by atoms with E-state index in [1.807, 2.05) is 0 Å². The molecule has 2 nitrogen and oxygen atoms in total. The summed E-state index contributed by atoms with van der Waals surface area (Å²) in [6.45, 7) is 12.0. The molecule has 0 radical (unpaired) electrons. The molecule has 1 saturated heterocycles. The zero-order valence-electron chi connectivity index (χ0n) is 12.1. The summed E-state index contributed by atoms with van der Waals surface area (Å²) < 4.78 is 0. The van der Waals surface area contributed by atoms with Gasteiger partial charge < -0.3 is 5.32 Å². The molecule has 1 saturated carbocycles. The third-order valence-corrected chi connectivity index (χ3v) is 4.48. The van der Waals surface area contributed by atoms with E-state index in [1.54, 1.807) is 0 Å². The molecular weight excluding hydrogens is 208 g/mol. The Morgan fingerprint density at radius 1 is 1.24 bits per heavy atom. The van der Waals surface area contributed by atoms with Gasteiger partial charge in [-0.05, 0) is 44.1 Å². The van der Waals surface area contributed by atoms with Gasteiger partial charge >= 0.3 is 0 Å². The molecule has 17 heavy (non-hydrogen) atoms. The maximum absolute atomic E-state index is 3.71. The van der Waals surface area contributed by atoms with E-state index in [2.05, 4.69) is 37.9 Å². The molecule has 2 heteroatoms. The second-order valence-electron chi connectivity index (χ2n) is 7.22. The van der Waals surface area contributed by atoms with Crippen LogP contribution in [0.3, 0.4) is 0 Å². The zero-order valence-corrected chi connectivity index (χ0v) is 12.1. The first-order valence-electron chi connectivity index (χ1n) is 7.46. The second-order valence-corrected chi connectivity index (χ2v) is 7.22. The molecule has 1 aliphatic carbocycles. The van der Waals surface area contributed by atoms with Gasteiger partial charge in [0.25, 0.3) is 0 Å². The third-order valence-electron chi connectivity index (χ3n) is 4.48. The van der Waals surface area contributed by atoms with Crippen LogP contribution >= 0.6 is 0 Å². The van der Waals surface area contributed by atoms with Crippen LogP contribution in [0.4, 0.5) is 0 Å². The van der Waals surface area contributed by atoms with E-state index < -0.39 is 0 Å². The van der Waals surface area contributed by atoms with Gasteiger partial charge in [-0.1, -0.05) is 27.7 Å². The molecule has 2 rings (SSSR count). The van der Waals surface area contributed by atoms with Crippen LogP contribution < -0.4 is 5.32 Å². The molecular formula is C15H30N2. The number of piperidine rings is 1. The fraction of sp³-hybridized carbons (Fsp3) is 1.00. The lowest BCUT2D eigenvalue weighted by molar-refractivity contribution is 0.128. The number of nitrogens with one attached hydrogen (secondary N) is 1. The minimum atomic E-state index is 0.586. The highest BCUT2D eigenvalue weighted by Crippen LogP contribution is 2.39. The van der Waals surface area contributed by atoms with Crippen LogP contribution in [0, 0.1) is 5.41 Å². The number of nitrogens with zero attached hydrogens (tertiary/aromatic N) is 1. The minimum absolute atomic E-state index is 0.586. The molecule has 100 valence electrons. The molecule has 2 atom stereocenters. The van der Waals surface area contributed by atoms with Crippen molar-refractivity contribution in [3.8, 4) is 0 Å². The summed E-state index contributed by atoms with van der Waals surface area (Å²) >= 11 is 0. The maximum Gasteiger partial charge on any atom is 0.0197 e. The van der Waals surface area contributed by atoms with Gasteiger partial charge in [-0.2, -0.15) is 0 Å². The van der Waals surface area contributed by atoms with E-state index in [9.17, 15) is 0 Å². The number of hydrogen-bond donors (Lipinski definition) is 1. The quantitative estimate of drug-likeness (QED) is 0.813. The normalized spacial score (nSPS) is 34.4. The SMILES string of the molecule is CC(C)NC1CCCN(C2CCC(C)(C)C2)C1. The fourth-order valence-corrected chi connectivity index (χ4v) is 3.66. The van der Waals surface area contributed by atoms with Crippen molar-refractivity contribution in [2.45, 2.75) is 77.9 Å². The van der Waals surface area contributed by atoms with E-state index >= 15 is 0 Å². The molecule has 0 aromatic rings. The van der Waals surface area contributed by atoms with Crippen LogP contribution in [0.5, 0.6) is 0 Å². The van der Waals surface area contributed by atoms with Gasteiger partial charge in [0.1, 0.15) is 0 Å². The highest BCUT2D eigenvalue weighted by Gasteiger charge is 2.35. The number of likely N-dealkylation sites (tertiary alicyclic amines) is 1. The van der Waals surface area contributed by atoms with Crippen LogP contribution in [0.15, 0.2) is 0 Å². The topological polar surface area (TPSA) is 15.3 Å². The van der Waals surface area contributed by atoms with Crippen molar-refractivity contribution < 1.29 is 0 Å². The lowest BCUT2D eigenvalue weighted by atomic mass is 9.91. The van der Waals surface area contributed by atoms with Crippen molar-refractivity contribution in [3.05, 3.63) is 0 Å². The monoisotopic (exact) mass is 238 g/mol. The molecule has 2 fully saturated rings. The largest absolute Gasteiger partial charge is 0.311 e. The first kappa shape index (κ1) is 13.4. The predicted molar refractivity (Wildman–Crippen MR) is 74.3 cm³/mol. The van der Waals surface area contributed by atoms with Gasteiger partial charge in [0, 0.05) is 24.7 Å². The summed E-state index contributed by atoms with van der Waals surface area (Å²) in [5.74, 6) is 0.